The van der Waals surface area contributed by atoms with Gasteiger partial charge in [0.2, 0.25) is 0 Å². The fourth-order valence-electron chi connectivity index (χ4n) is 3.52. The van der Waals surface area contributed by atoms with Crippen LogP contribution < -0.4 is 0 Å². The van der Waals surface area contributed by atoms with Gasteiger partial charge in [-0.25, -0.2) is 0 Å². The number of halogens is 1. The molecule has 1 N–H and O–H groups in total. The van der Waals surface area contributed by atoms with E-state index < -0.39 is 5.97 Å². The zero-order chi connectivity index (χ0) is 14.1. The van der Waals surface area contributed by atoms with Gasteiger partial charge < -0.3 is 5.11 Å². The summed E-state index contributed by atoms with van der Waals surface area (Å²) >= 11 is 3.44. The minimum Gasteiger partial charge on any atom is -0.480 e. The summed E-state index contributed by atoms with van der Waals surface area (Å²) in [6.45, 7) is 0.755. The number of rotatable bonds is 4. The third kappa shape index (κ3) is 2.77. The molecule has 0 bridgehead atoms. The van der Waals surface area contributed by atoms with Gasteiger partial charge in [0.1, 0.15) is 6.04 Å². The Labute approximate surface area is 128 Å². The molecule has 108 valence electrons. The van der Waals surface area contributed by atoms with Crippen molar-refractivity contribution >= 4 is 21.9 Å². The summed E-state index contributed by atoms with van der Waals surface area (Å²) in [4.78, 5) is 13.7. The second kappa shape index (κ2) is 5.86. The molecule has 2 atom stereocenters. The molecule has 1 aliphatic heterocycles. The van der Waals surface area contributed by atoms with E-state index in [0.29, 0.717) is 6.04 Å². The number of carboxylic acid groups (broad SMARTS) is 1. The summed E-state index contributed by atoms with van der Waals surface area (Å²) in [5.74, 6) is 0.0544. The Kier molecular flexibility index (Phi) is 4.13. The predicted molar refractivity (Wildman–Crippen MR) is 81.5 cm³/mol. The average molecular weight is 338 g/mol. The van der Waals surface area contributed by atoms with Crippen molar-refractivity contribution in [3.8, 4) is 0 Å². The summed E-state index contributed by atoms with van der Waals surface area (Å²) in [7, 11) is 0. The van der Waals surface area contributed by atoms with Crippen LogP contribution in [0.4, 0.5) is 0 Å². The van der Waals surface area contributed by atoms with Crippen molar-refractivity contribution in [2.75, 3.05) is 0 Å². The number of hydrogen-bond acceptors (Lipinski definition) is 2. The molecule has 2 unspecified atom stereocenters. The molecule has 0 spiro atoms. The molecule has 0 radical (unpaired) electrons. The number of benzene rings is 1. The number of carbonyl (C=O) groups is 1. The molecule has 2 fully saturated rings. The lowest BCUT2D eigenvalue weighted by Crippen LogP contribution is -2.44. The molecule has 1 aromatic rings. The van der Waals surface area contributed by atoms with Crippen LogP contribution in [0.1, 0.15) is 37.7 Å². The topological polar surface area (TPSA) is 40.5 Å². The first-order valence-electron chi connectivity index (χ1n) is 7.38. The highest BCUT2D eigenvalue weighted by atomic mass is 79.9. The first-order chi connectivity index (χ1) is 9.65. The van der Waals surface area contributed by atoms with Crippen LogP contribution >= 0.6 is 15.9 Å². The molecule has 0 amide bonds. The molecule has 3 nitrogen and oxygen atoms in total. The fourth-order valence-corrected chi connectivity index (χ4v) is 3.78. The quantitative estimate of drug-likeness (QED) is 0.911. The van der Waals surface area contributed by atoms with Gasteiger partial charge >= 0.3 is 5.97 Å². The van der Waals surface area contributed by atoms with Gasteiger partial charge in [0.05, 0.1) is 0 Å². The fraction of sp³-hybridized carbons (Fsp3) is 0.562. The third-order valence-corrected chi connectivity index (χ3v) is 5.35. The van der Waals surface area contributed by atoms with E-state index in [9.17, 15) is 9.90 Å². The molecule has 3 rings (SSSR count). The molecule has 1 saturated heterocycles. The van der Waals surface area contributed by atoms with Crippen LogP contribution in [-0.2, 0) is 11.3 Å². The molecule has 1 saturated carbocycles. The number of carboxylic acids is 1. The smallest absolute Gasteiger partial charge is 0.320 e. The van der Waals surface area contributed by atoms with Gasteiger partial charge in [-0.05, 0) is 49.3 Å². The Balaban J connectivity index is 1.77. The minimum absolute atomic E-state index is 0.302. The zero-order valence-corrected chi connectivity index (χ0v) is 13.1. The average Bonchev–Trinajstić information content (AvgIpc) is 2.74. The van der Waals surface area contributed by atoms with Crippen molar-refractivity contribution in [1.29, 1.82) is 0 Å². The van der Waals surface area contributed by atoms with E-state index in [1.54, 1.807) is 0 Å². The van der Waals surface area contributed by atoms with Crippen LogP contribution in [0, 0.1) is 5.92 Å². The van der Waals surface area contributed by atoms with E-state index in [0.717, 1.165) is 29.8 Å². The summed E-state index contributed by atoms with van der Waals surface area (Å²) in [5.41, 5.74) is 1.20. The minimum atomic E-state index is -0.663. The van der Waals surface area contributed by atoms with Crippen LogP contribution in [0.5, 0.6) is 0 Å². The van der Waals surface area contributed by atoms with Gasteiger partial charge in [-0.2, -0.15) is 0 Å². The zero-order valence-electron chi connectivity index (χ0n) is 11.5. The van der Waals surface area contributed by atoms with Gasteiger partial charge in [-0.3, -0.25) is 9.69 Å². The lowest BCUT2D eigenvalue weighted by Gasteiger charge is -2.38. The van der Waals surface area contributed by atoms with Crippen LogP contribution in [0.25, 0.3) is 0 Å². The monoisotopic (exact) mass is 337 g/mol. The maximum atomic E-state index is 11.5. The van der Waals surface area contributed by atoms with E-state index >= 15 is 0 Å². The van der Waals surface area contributed by atoms with Gasteiger partial charge in [0, 0.05) is 17.1 Å². The molecule has 20 heavy (non-hydrogen) atoms. The van der Waals surface area contributed by atoms with Gasteiger partial charge in [-0.15, -0.1) is 0 Å². The standard InChI is InChI=1S/C16H20BrNO2/c17-13-6-4-11(5-7-13)10-18-14(12-2-1-3-12)8-9-15(18)16(19)20/h4-7,12,14-15H,1-3,8-10H2,(H,19,20). The molecule has 4 heteroatoms. The highest BCUT2D eigenvalue weighted by molar-refractivity contribution is 9.10. The van der Waals surface area contributed by atoms with Crippen LogP contribution in [0.2, 0.25) is 0 Å². The molecule has 1 aromatic carbocycles. The third-order valence-electron chi connectivity index (χ3n) is 4.82. The second-order valence-corrected chi connectivity index (χ2v) is 6.90. The van der Waals surface area contributed by atoms with Crippen LogP contribution in [-0.4, -0.2) is 28.1 Å². The van der Waals surface area contributed by atoms with Gasteiger partial charge in [0.25, 0.3) is 0 Å². The molecular formula is C16H20BrNO2. The lowest BCUT2D eigenvalue weighted by atomic mass is 9.79. The summed E-state index contributed by atoms with van der Waals surface area (Å²) in [5, 5.41) is 9.45. The van der Waals surface area contributed by atoms with Gasteiger partial charge in [0.15, 0.2) is 0 Å². The van der Waals surface area contributed by atoms with E-state index in [2.05, 4.69) is 33.0 Å². The summed E-state index contributed by atoms with van der Waals surface area (Å²) < 4.78 is 1.06. The second-order valence-electron chi connectivity index (χ2n) is 5.99. The Morgan fingerprint density at radius 2 is 1.90 bits per heavy atom. The SMILES string of the molecule is O=C(O)C1CCC(C2CCC2)N1Cc1ccc(Br)cc1. The Morgan fingerprint density at radius 1 is 1.20 bits per heavy atom. The summed E-state index contributed by atoms with van der Waals surface area (Å²) in [6, 6.07) is 8.38. The van der Waals surface area contributed by atoms with Crippen LogP contribution in [0.15, 0.2) is 28.7 Å². The molecule has 1 heterocycles. The van der Waals surface area contributed by atoms with Crippen molar-refractivity contribution in [3.63, 3.8) is 0 Å². The van der Waals surface area contributed by atoms with Crippen molar-refractivity contribution < 1.29 is 9.90 Å². The predicted octanol–water partition coefficient (Wildman–Crippen LogP) is 3.67. The first kappa shape index (κ1) is 14.1. The highest BCUT2D eigenvalue weighted by Crippen LogP contribution is 2.40. The maximum absolute atomic E-state index is 11.5. The Hall–Kier alpha value is -0.870. The molecule has 0 aromatic heterocycles. The molecule has 1 aliphatic carbocycles. The number of hydrogen-bond donors (Lipinski definition) is 1. The highest BCUT2D eigenvalue weighted by Gasteiger charge is 2.42. The first-order valence-corrected chi connectivity index (χ1v) is 8.17. The summed E-state index contributed by atoms with van der Waals surface area (Å²) in [6.07, 6.45) is 5.69. The number of likely N-dealkylation sites (tertiary alicyclic amines) is 1. The molecule has 2 aliphatic rings. The van der Waals surface area contributed by atoms with E-state index in [1.165, 1.54) is 24.8 Å². The van der Waals surface area contributed by atoms with Crippen molar-refractivity contribution in [1.82, 2.24) is 4.90 Å². The van der Waals surface area contributed by atoms with Crippen molar-refractivity contribution in [2.45, 2.75) is 50.7 Å². The molecular weight excluding hydrogens is 318 g/mol. The Bertz CT molecular complexity index is 484. The normalized spacial score (nSPS) is 27.4. The van der Waals surface area contributed by atoms with Crippen molar-refractivity contribution in [3.05, 3.63) is 34.3 Å². The Morgan fingerprint density at radius 3 is 2.45 bits per heavy atom. The van der Waals surface area contributed by atoms with E-state index in [4.69, 9.17) is 0 Å². The number of nitrogens with zero attached hydrogens (tertiary/aromatic N) is 1. The van der Waals surface area contributed by atoms with E-state index in [1.807, 2.05) is 12.1 Å². The van der Waals surface area contributed by atoms with Gasteiger partial charge in [-0.1, -0.05) is 34.5 Å². The lowest BCUT2D eigenvalue weighted by molar-refractivity contribution is -0.143. The van der Waals surface area contributed by atoms with E-state index in [-0.39, 0.29) is 6.04 Å². The van der Waals surface area contributed by atoms with Crippen LogP contribution in [0.3, 0.4) is 0 Å². The maximum Gasteiger partial charge on any atom is 0.320 e. The largest absolute Gasteiger partial charge is 0.480 e. The van der Waals surface area contributed by atoms with Crippen molar-refractivity contribution in [2.24, 2.45) is 5.92 Å². The number of aliphatic carboxylic acids is 1.